The first-order valence-electron chi connectivity index (χ1n) is 7.77. The summed E-state index contributed by atoms with van der Waals surface area (Å²) < 4.78 is 5.21. The number of aliphatic hydroxyl groups is 2. The molecule has 1 amide bonds. The van der Waals surface area contributed by atoms with E-state index < -0.39 is 0 Å². The van der Waals surface area contributed by atoms with E-state index in [2.05, 4.69) is 15.4 Å². The van der Waals surface area contributed by atoms with Gasteiger partial charge in [-0.05, 0) is 18.8 Å². The summed E-state index contributed by atoms with van der Waals surface area (Å²) in [5, 5.41) is 25.3. The maximum absolute atomic E-state index is 12.1. The van der Waals surface area contributed by atoms with E-state index >= 15 is 0 Å². The molecular weight excluding hydrogens is 286 g/mol. The molecule has 22 heavy (non-hydrogen) atoms. The lowest BCUT2D eigenvalue weighted by Crippen LogP contribution is -2.41. The van der Waals surface area contributed by atoms with Crippen molar-refractivity contribution in [3.8, 4) is 0 Å². The van der Waals surface area contributed by atoms with Gasteiger partial charge in [-0.1, -0.05) is 19.0 Å². The van der Waals surface area contributed by atoms with E-state index in [-0.39, 0.29) is 36.3 Å². The van der Waals surface area contributed by atoms with Crippen LogP contribution in [0.15, 0.2) is 10.6 Å². The molecule has 1 aromatic heterocycles. The van der Waals surface area contributed by atoms with E-state index in [1.807, 2.05) is 13.8 Å². The molecule has 1 fully saturated rings. The summed E-state index contributed by atoms with van der Waals surface area (Å²) in [5.41, 5.74) is 0.228. The summed E-state index contributed by atoms with van der Waals surface area (Å²) >= 11 is 0. The average Bonchev–Trinajstić information content (AvgIpc) is 2.95. The monoisotopic (exact) mass is 311 g/mol. The maximum Gasteiger partial charge on any atom is 0.273 e. The van der Waals surface area contributed by atoms with Gasteiger partial charge < -0.3 is 20.1 Å². The molecule has 0 aliphatic carbocycles. The van der Waals surface area contributed by atoms with Crippen LogP contribution < -0.4 is 5.32 Å². The molecule has 0 bridgehead atoms. The molecule has 1 saturated heterocycles. The fourth-order valence-corrected chi connectivity index (χ4v) is 2.46. The highest BCUT2D eigenvalue weighted by Crippen LogP contribution is 2.14. The van der Waals surface area contributed by atoms with Gasteiger partial charge >= 0.3 is 0 Å². The van der Waals surface area contributed by atoms with E-state index in [1.165, 1.54) is 0 Å². The van der Waals surface area contributed by atoms with Crippen molar-refractivity contribution < 1.29 is 19.5 Å². The second-order valence-electron chi connectivity index (χ2n) is 6.19. The zero-order valence-corrected chi connectivity index (χ0v) is 13.2. The molecule has 0 spiro atoms. The van der Waals surface area contributed by atoms with Crippen molar-refractivity contribution in [1.82, 2.24) is 15.4 Å². The van der Waals surface area contributed by atoms with Crippen LogP contribution in [-0.4, -0.2) is 58.0 Å². The van der Waals surface area contributed by atoms with Crippen molar-refractivity contribution in [1.29, 1.82) is 0 Å². The summed E-state index contributed by atoms with van der Waals surface area (Å²) in [6.07, 6.45) is 1.31. The van der Waals surface area contributed by atoms with Crippen LogP contribution in [0, 0.1) is 5.92 Å². The van der Waals surface area contributed by atoms with E-state index in [0.717, 1.165) is 25.9 Å². The molecule has 0 aromatic carbocycles. The fourth-order valence-electron chi connectivity index (χ4n) is 2.46. The number of aromatic nitrogens is 1. The Morgan fingerprint density at radius 2 is 2.18 bits per heavy atom. The Hall–Kier alpha value is -1.44. The molecule has 124 valence electrons. The normalized spacial score (nSPS) is 18.6. The Balaban J connectivity index is 1.89. The molecule has 0 radical (unpaired) electrons. The van der Waals surface area contributed by atoms with Crippen LogP contribution in [0.4, 0.5) is 0 Å². The summed E-state index contributed by atoms with van der Waals surface area (Å²) in [6.45, 7) is 5.96. The van der Waals surface area contributed by atoms with E-state index in [4.69, 9.17) is 4.52 Å². The SMILES string of the molecule is CC(C)C(CO)NC(=O)c1cc(CN2CCC(O)CC2)on1. The third-order valence-corrected chi connectivity index (χ3v) is 4.05. The topological polar surface area (TPSA) is 98.8 Å². The fraction of sp³-hybridized carbons (Fsp3) is 0.733. The number of carbonyl (C=O) groups is 1. The van der Waals surface area contributed by atoms with Crippen LogP contribution in [0.3, 0.4) is 0 Å². The number of hydrogen-bond acceptors (Lipinski definition) is 6. The highest BCUT2D eigenvalue weighted by atomic mass is 16.5. The van der Waals surface area contributed by atoms with Crippen LogP contribution in [0.5, 0.6) is 0 Å². The molecular formula is C15H25N3O4. The molecule has 1 aromatic rings. The molecule has 1 unspecified atom stereocenters. The van der Waals surface area contributed by atoms with Gasteiger partial charge in [-0.15, -0.1) is 0 Å². The molecule has 7 nitrogen and oxygen atoms in total. The molecule has 2 rings (SSSR count). The minimum Gasteiger partial charge on any atom is -0.394 e. The van der Waals surface area contributed by atoms with E-state index in [1.54, 1.807) is 6.07 Å². The minimum absolute atomic E-state index is 0.107. The number of piperidine rings is 1. The molecule has 1 aliphatic rings. The van der Waals surface area contributed by atoms with Crippen molar-refractivity contribution in [2.24, 2.45) is 5.92 Å². The Labute approximate surface area is 130 Å². The predicted molar refractivity (Wildman–Crippen MR) is 80.2 cm³/mol. The second-order valence-corrected chi connectivity index (χ2v) is 6.19. The third-order valence-electron chi connectivity index (χ3n) is 4.05. The lowest BCUT2D eigenvalue weighted by molar-refractivity contribution is 0.0748. The van der Waals surface area contributed by atoms with Gasteiger partial charge in [0.1, 0.15) is 0 Å². The summed E-state index contributed by atoms with van der Waals surface area (Å²) in [5.74, 6) is 0.434. The maximum atomic E-state index is 12.1. The van der Waals surface area contributed by atoms with Crippen LogP contribution in [0.2, 0.25) is 0 Å². The summed E-state index contributed by atoms with van der Waals surface area (Å²) in [6, 6.07) is 1.34. The number of nitrogens with one attached hydrogen (secondary N) is 1. The zero-order valence-electron chi connectivity index (χ0n) is 13.2. The smallest absolute Gasteiger partial charge is 0.273 e. The number of rotatable bonds is 6. The van der Waals surface area contributed by atoms with E-state index in [0.29, 0.717) is 12.3 Å². The Bertz CT molecular complexity index is 481. The van der Waals surface area contributed by atoms with Crippen LogP contribution >= 0.6 is 0 Å². The van der Waals surface area contributed by atoms with Gasteiger partial charge in [-0.2, -0.15) is 0 Å². The van der Waals surface area contributed by atoms with Gasteiger partial charge in [-0.25, -0.2) is 0 Å². The van der Waals surface area contributed by atoms with Crippen LogP contribution in [-0.2, 0) is 6.54 Å². The van der Waals surface area contributed by atoms with Gasteiger partial charge in [0.05, 0.1) is 25.3 Å². The van der Waals surface area contributed by atoms with Crippen LogP contribution in [0.25, 0.3) is 0 Å². The number of nitrogens with zero attached hydrogens (tertiary/aromatic N) is 2. The molecule has 0 saturated carbocycles. The lowest BCUT2D eigenvalue weighted by atomic mass is 10.1. The average molecular weight is 311 g/mol. The number of carbonyl (C=O) groups excluding carboxylic acids is 1. The van der Waals surface area contributed by atoms with Gasteiger partial charge in [0.25, 0.3) is 5.91 Å². The quantitative estimate of drug-likeness (QED) is 0.702. The number of likely N-dealkylation sites (tertiary alicyclic amines) is 1. The molecule has 1 aliphatic heterocycles. The second kappa shape index (κ2) is 7.71. The number of amides is 1. The van der Waals surface area contributed by atoms with E-state index in [9.17, 15) is 15.0 Å². The summed E-state index contributed by atoms with van der Waals surface area (Å²) in [7, 11) is 0. The minimum atomic E-state index is -0.336. The Kier molecular flexibility index (Phi) is 5.93. The van der Waals surface area contributed by atoms with Gasteiger partial charge in [0, 0.05) is 19.2 Å². The standard InChI is InChI=1S/C15H25N3O4/c1-10(2)14(9-19)16-15(21)13-7-12(22-17-13)8-18-5-3-11(20)4-6-18/h7,10-11,14,19-20H,3-6,8-9H2,1-2H3,(H,16,21). The Morgan fingerprint density at radius 3 is 2.77 bits per heavy atom. The molecule has 1 atom stereocenters. The predicted octanol–water partition coefficient (Wildman–Crippen LogP) is 0.378. The summed E-state index contributed by atoms with van der Waals surface area (Å²) in [4.78, 5) is 14.2. The van der Waals surface area contributed by atoms with Crippen molar-refractivity contribution in [2.75, 3.05) is 19.7 Å². The molecule has 3 N–H and O–H groups in total. The van der Waals surface area contributed by atoms with Crippen molar-refractivity contribution in [2.45, 2.75) is 45.4 Å². The first-order chi connectivity index (χ1) is 10.5. The highest BCUT2D eigenvalue weighted by molar-refractivity contribution is 5.92. The van der Waals surface area contributed by atoms with Gasteiger partial charge in [-0.3, -0.25) is 9.69 Å². The molecule has 2 heterocycles. The Morgan fingerprint density at radius 1 is 1.50 bits per heavy atom. The largest absolute Gasteiger partial charge is 0.394 e. The number of aliphatic hydroxyl groups excluding tert-OH is 2. The third kappa shape index (κ3) is 4.53. The lowest BCUT2D eigenvalue weighted by Gasteiger charge is -2.28. The van der Waals surface area contributed by atoms with Crippen molar-refractivity contribution >= 4 is 5.91 Å². The first-order valence-corrected chi connectivity index (χ1v) is 7.77. The van der Waals surface area contributed by atoms with Gasteiger partial charge in [0.2, 0.25) is 0 Å². The van der Waals surface area contributed by atoms with Crippen molar-refractivity contribution in [3.63, 3.8) is 0 Å². The number of hydrogen-bond donors (Lipinski definition) is 3. The van der Waals surface area contributed by atoms with Crippen molar-refractivity contribution in [3.05, 3.63) is 17.5 Å². The first kappa shape index (κ1) is 16.9. The van der Waals surface area contributed by atoms with Crippen LogP contribution in [0.1, 0.15) is 42.9 Å². The molecule has 7 heteroatoms. The highest BCUT2D eigenvalue weighted by Gasteiger charge is 2.21. The van der Waals surface area contributed by atoms with Gasteiger partial charge in [0.15, 0.2) is 11.5 Å². The zero-order chi connectivity index (χ0) is 16.1.